The van der Waals surface area contributed by atoms with E-state index >= 15 is 0 Å². The van der Waals surface area contributed by atoms with Gasteiger partial charge in [0.2, 0.25) is 11.8 Å². The van der Waals surface area contributed by atoms with Crippen molar-refractivity contribution in [1.82, 2.24) is 9.97 Å². The van der Waals surface area contributed by atoms with Gasteiger partial charge in [0.25, 0.3) is 0 Å². The molecule has 0 N–H and O–H groups in total. The molecule has 1 aromatic rings. The summed E-state index contributed by atoms with van der Waals surface area (Å²) in [6, 6.07) is 2.25. The molecule has 106 valence electrons. The molecule has 1 saturated heterocycles. The molecular weight excluding hydrogens is 262 g/mol. The van der Waals surface area contributed by atoms with Crippen LogP contribution in [-0.4, -0.2) is 34.0 Å². The molecule has 2 rings (SSSR count). The fourth-order valence-corrected chi connectivity index (χ4v) is 2.70. The fraction of sp³-hybridized carbons (Fsp3) is 0.714. The number of anilines is 1. The Labute approximate surface area is 120 Å². The van der Waals surface area contributed by atoms with Crippen LogP contribution in [0.3, 0.4) is 0 Å². The molecule has 0 spiro atoms. The van der Waals surface area contributed by atoms with E-state index < -0.39 is 0 Å². The number of halogens is 1. The first kappa shape index (κ1) is 14.4. The second-order valence-corrected chi connectivity index (χ2v) is 6.11. The van der Waals surface area contributed by atoms with Gasteiger partial charge in [0.1, 0.15) is 0 Å². The van der Waals surface area contributed by atoms with Gasteiger partial charge < -0.3 is 9.64 Å². The minimum Gasteiger partial charge on any atom is -0.475 e. The summed E-state index contributed by atoms with van der Waals surface area (Å²) in [4.78, 5) is 11.1. The largest absolute Gasteiger partial charge is 0.475 e. The van der Waals surface area contributed by atoms with E-state index in [1.54, 1.807) is 12.3 Å². The van der Waals surface area contributed by atoms with Gasteiger partial charge in [-0.3, -0.25) is 0 Å². The average molecular weight is 284 g/mol. The second-order valence-electron chi connectivity index (χ2n) is 5.37. The van der Waals surface area contributed by atoms with E-state index in [1.165, 1.54) is 6.42 Å². The number of rotatable bonds is 5. The highest BCUT2D eigenvalue weighted by molar-refractivity contribution is 6.20. The first-order valence-electron chi connectivity index (χ1n) is 6.96. The molecule has 1 aliphatic heterocycles. The van der Waals surface area contributed by atoms with Gasteiger partial charge in [-0.05, 0) is 40.0 Å². The summed E-state index contributed by atoms with van der Waals surface area (Å²) < 4.78 is 5.63. The smallest absolute Gasteiger partial charge is 0.228 e. The zero-order valence-electron chi connectivity index (χ0n) is 11.8. The van der Waals surface area contributed by atoms with Crippen LogP contribution in [0.25, 0.3) is 0 Å². The highest BCUT2D eigenvalue weighted by atomic mass is 35.5. The van der Waals surface area contributed by atoms with Crippen molar-refractivity contribution in [3.63, 3.8) is 0 Å². The van der Waals surface area contributed by atoms with Gasteiger partial charge in [-0.2, -0.15) is 4.98 Å². The number of hydrogen-bond acceptors (Lipinski definition) is 4. The monoisotopic (exact) mass is 283 g/mol. The lowest BCUT2D eigenvalue weighted by Crippen LogP contribution is -2.32. The topological polar surface area (TPSA) is 38.2 Å². The average Bonchev–Trinajstić information content (AvgIpc) is 2.75. The Balaban J connectivity index is 2.11. The van der Waals surface area contributed by atoms with Crippen LogP contribution in [0.5, 0.6) is 5.88 Å². The summed E-state index contributed by atoms with van der Waals surface area (Å²) in [6.45, 7) is 7.03. The first-order valence-corrected chi connectivity index (χ1v) is 7.40. The molecule has 0 radical (unpaired) electrons. The van der Waals surface area contributed by atoms with Gasteiger partial charge in [-0.25, -0.2) is 4.98 Å². The zero-order valence-corrected chi connectivity index (χ0v) is 12.6. The van der Waals surface area contributed by atoms with Crippen molar-refractivity contribution in [1.29, 1.82) is 0 Å². The van der Waals surface area contributed by atoms with Gasteiger partial charge in [0.15, 0.2) is 0 Å². The van der Waals surface area contributed by atoms with E-state index in [1.807, 2.05) is 20.8 Å². The number of alkyl halides is 1. The molecule has 19 heavy (non-hydrogen) atoms. The molecular formula is C14H22ClN3O. The van der Waals surface area contributed by atoms with Gasteiger partial charge in [0, 0.05) is 30.2 Å². The summed E-state index contributed by atoms with van der Waals surface area (Å²) in [5, 5.41) is 0.181. The normalized spacial score (nSPS) is 20.9. The molecule has 4 nitrogen and oxygen atoms in total. The van der Waals surface area contributed by atoms with Crippen LogP contribution in [0.4, 0.5) is 5.95 Å². The van der Waals surface area contributed by atoms with Crippen molar-refractivity contribution < 1.29 is 4.74 Å². The third kappa shape index (κ3) is 3.96. The van der Waals surface area contributed by atoms with Gasteiger partial charge >= 0.3 is 0 Å². The Morgan fingerprint density at radius 3 is 2.95 bits per heavy atom. The van der Waals surface area contributed by atoms with Gasteiger partial charge in [0.05, 0.1) is 6.10 Å². The third-order valence-electron chi connectivity index (χ3n) is 3.20. The summed E-state index contributed by atoms with van der Waals surface area (Å²) in [5.74, 6) is 1.41. The molecule has 1 aromatic heterocycles. The van der Waals surface area contributed by atoms with Crippen LogP contribution in [0.2, 0.25) is 0 Å². The van der Waals surface area contributed by atoms with Crippen LogP contribution >= 0.6 is 11.6 Å². The Bertz CT molecular complexity index is 411. The van der Waals surface area contributed by atoms with E-state index in [0.717, 1.165) is 25.3 Å². The Hall–Kier alpha value is -1.03. The third-order valence-corrected chi connectivity index (χ3v) is 3.38. The number of aromatic nitrogens is 2. The molecule has 0 bridgehead atoms. The molecule has 1 aliphatic rings. The van der Waals surface area contributed by atoms with Gasteiger partial charge in [-0.15, -0.1) is 11.6 Å². The predicted octanol–water partition coefficient (Wildman–Crippen LogP) is 3.25. The lowest BCUT2D eigenvalue weighted by Gasteiger charge is -2.25. The van der Waals surface area contributed by atoms with E-state index in [4.69, 9.17) is 16.3 Å². The fourth-order valence-electron chi connectivity index (χ4n) is 2.50. The van der Waals surface area contributed by atoms with Gasteiger partial charge in [-0.1, -0.05) is 0 Å². The van der Waals surface area contributed by atoms with Crippen LogP contribution < -0.4 is 9.64 Å². The molecule has 0 aromatic carbocycles. The summed E-state index contributed by atoms with van der Waals surface area (Å²) in [7, 11) is 0. The van der Waals surface area contributed by atoms with Crippen molar-refractivity contribution in [2.75, 3.05) is 11.4 Å². The minimum atomic E-state index is 0.125. The highest BCUT2D eigenvalue weighted by Crippen LogP contribution is 2.27. The molecule has 2 heterocycles. The maximum atomic E-state index is 6.12. The van der Waals surface area contributed by atoms with Crippen LogP contribution in [0.15, 0.2) is 12.3 Å². The predicted molar refractivity (Wildman–Crippen MR) is 78.1 cm³/mol. The first-order chi connectivity index (χ1) is 9.06. The van der Waals surface area contributed by atoms with Crippen LogP contribution in [0, 0.1) is 0 Å². The molecule has 0 amide bonds. The SMILES string of the molecule is CC(Cl)CC1CCCN1c1nccc(OC(C)C)n1. The summed E-state index contributed by atoms with van der Waals surface area (Å²) >= 11 is 6.12. The molecule has 1 fully saturated rings. The van der Waals surface area contributed by atoms with Crippen molar-refractivity contribution in [2.45, 2.75) is 57.6 Å². The Morgan fingerprint density at radius 1 is 1.47 bits per heavy atom. The van der Waals surface area contributed by atoms with Crippen molar-refractivity contribution in [3.05, 3.63) is 12.3 Å². The molecule has 0 saturated carbocycles. The number of nitrogens with zero attached hydrogens (tertiary/aromatic N) is 3. The van der Waals surface area contributed by atoms with E-state index in [0.29, 0.717) is 11.9 Å². The van der Waals surface area contributed by atoms with E-state index in [2.05, 4.69) is 14.9 Å². The van der Waals surface area contributed by atoms with Crippen molar-refractivity contribution >= 4 is 17.5 Å². The number of ether oxygens (including phenoxy) is 1. The maximum Gasteiger partial charge on any atom is 0.228 e. The quantitative estimate of drug-likeness (QED) is 0.778. The van der Waals surface area contributed by atoms with Crippen molar-refractivity contribution in [3.8, 4) is 5.88 Å². The molecule has 2 unspecified atom stereocenters. The molecule has 0 aliphatic carbocycles. The van der Waals surface area contributed by atoms with E-state index in [-0.39, 0.29) is 11.5 Å². The van der Waals surface area contributed by atoms with Crippen molar-refractivity contribution in [2.24, 2.45) is 0 Å². The molecule has 2 atom stereocenters. The minimum absolute atomic E-state index is 0.125. The molecule has 5 heteroatoms. The standard InChI is InChI=1S/C14H22ClN3O/c1-10(2)19-13-6-7-16-14(17-13)18-8-4-5-12(18)9-11(3)15/h6-7,10-12H,4-5,8-9H2,1-3H3. The van der Waals surface area contributed by atoms with E-state index in [9.17, 15) is 0 Å². The second kappa shape index (κ2) is 6.42. The lowest BCUT2D eigenvalue weighted by atomic mass is 10.1. The van der Waals surface area contributed by atoms with Crippen LogP contribution in [-0.2, 0) is 0 Å². The zero-order chi connectivity index (χ0) is 13.8. The Morgan fingerprint density at radius 2 is 2.26 bits per heavy atom. The maximum absolute atomic E-state index is 6.12. The van der Waals surface area contributed by atoms with Crippen LogP contribution in [0.1, 0.15) is 40.0 Å². The highest BCUT2D eigenvalue weighted by Gasteiger charge is 2.27. The number of hydrogen-bond donors (Lipinski definition) is 0. The Kier molecular flexibility index (Phi) is 4.86. The summed E-state index contributed by atoms with van der Waals surface area (Å²) in [5.41, 5.74) is 0. The summed E-state index contributed by atoms with van der Waals surface area (Å²) in [6.07, 6.45) is 5.20. The lowest BCUT2D eigenvalue weighted by molar-refractivity contribution is 0.232.